The number of fused-ring (bicyclic) bond motifs is 1. The molecule has 0 saturated carbocycles. The third-order valence-electron chi connectivity index (χ3n) is 6.05. The van der Waals surface area contributed by atoms with Gasteiger partial charge >= 0.3 is 0 Å². The maximum absolute atomic E-state index is 13.2. The van der Waals surface area contributed by atoms with E-state index in [1.807, 2.05) is 38.1 Å². The number of Topliss-reactive ketones (excluding diaryl/α,β-unsaturated/α-hetero) is 2. The number of ketones is 2. The molecule has 3 rings (SSSR count). The van der Waals surface area contributed by atoms with Gasteiger partial charge in [-0.3, -0.25) is 9.59 Å². The second kappa shape index (κ2) is 7.21. The Morgan fingerprint density at radius 1 is 1.07 bits per heavy atom. The predicted octanol–water partition coefficient (Wildman–Crippen LogP) is 5.93. The molecule has 1 aliphatic rings. The lowest BCUT2D eigenvalue weighted by atomic mass is 9.77. The minimum atomic E-state index is -1.49. The van der Waals surface area contributed by atoms with Crippen LogP contribution in [0.5, 0.6) is 0 Å². The molecule has 1 aliphatic carbocycles. The van der Waals surface area contributed by atoms with Crippen molar-refractivity contribution in [2.45, 2.75) is 71.8 Å². The first-order valence-corrected chi connectivity index (χ1v) is 10.4. The molecule has 2 aromatic rings. The van der Waals surface area contributed by atoms with Crippen LogP contribution in [0.1, 0.15) is 92.6 Å². The Morgan fingerprint density at radius 3 is 2.28 bits per heavy atom. The van der Waals surface area contributed by atoms with Crippen molar-refractivity contribution in [1.82, 2.24) is 0 Å². The summed E-state index contributed by atoms with van der Waals surface area (Å²) in [6, 6.07) is 11.4. The molecule has 0 spiro atoms. The molecule has 0 radical (unpaired) electrons. The first-order valence-electron chi connectivity index (χ1n) is 10.4. The molecule has 1 N–H and O–H groups in total. The van der Waals surface area contributed by atoms with Crippen LogP contribution < -0.4 is 0 Å². The molecule has 0 fully saturated rings. The van der Waals surface area contributed by atoms with Crippen LogP contribution >= 0.6 is 0 Å². The zero-order valence-corrected chi connectivity index (χ0v) is 18.6. The fraction of sp³-hybridized carbons (Fsp3) is 0.462. The van der Waals surface area contributed by atoms with E-state index in [-0.39, 0.29) is 22.9 Å². The summed E-state index contributed by atoms with van der Waals surface area (Å²) >= 11 is 0. The zero-order valence-electron chi connectivity index (χ0n) is 18.6. The van der Waals surface area contributed by atoms with E-state index >= 15 is 0 Å². The Kier molecular flexibility index (Phi) is 5.33. The topological polar surface area (TPSA) is 54.4 Å². The molecular weight excluding hydrogens is 360 g/mol. The van der Waals surface area contributed by atoms with Gasteiger partial charge in [-0.2, -0.15) is 0 Å². The fourth-order valence-corrected chi connectivity index (χ4v) is 4.76. The SMILES string of the molecule is CC(C)C(=O)c1ccc2c(c1-c1ccccc1C(=O)C(C)(C)O)C(C)(C)CC2C. The molecule has 154 valence electrons. The quantitative estimate of drug-likeness (QED) is 0.642. The summed E-state index contributed by atoms with van der Waals surface area (Å²) in [4.78, 5) is 26.2. The van der Waals surface area contributed by atoms with Gasteiger partial charge in [-0.1, -0.05) is 71.0 Å². The molecular formula is C26H32O3. The Labute approximate surface area is 174 Å². The molecule has 0 saturated heterocycles. The fourth-order valence-electron chi connectivity index (χ4n) is 4.76. The standard InChI is InChI=1S/C26H32O3/c1-15(2)23(27)20-13-12-17-16(3)14-25(4,5)22(17)21(20)18-10-8-9-11-19(18)24(28)26(6,7)29/h8-13,15-16,29H,14H2,1-7H3. The van der Waals surface area contributed by atoms with Crippen molar-refractivity contribution in [1.29, 1.82) is 0 Å². The van der Waals surface area contributed by atoms with E-state index in [1.54, 1.807) is 6.07 Å². The number of benzene rings is 2. The molecule has 29 heavy (non-hydrogen) atoms. The van der Waals surface area contributed by atoms with Crippen molar-refractivity contribution in [3.63, 3.8) is 0 Å². The van der Waals surface area contributed by atoms with Gasteiger partial charge in [-0.25, -0.2) is 0 Å². The highest BCUT2D eigenvalue weighted by Gasteiger charge is 2.39. The summed E-state index contributed by atoms with van der Waals surface area (Å²) in [5.41, 5.74) is 3.54. The van der Waals surface area contributed by atoms with Crippen LogP contribution in [-0.4, -0.2) is 22.3 Å². The third kappa shape index (κ3) is 3.69. The van der Waals surface area contributed by atoms with Crippen molar-refractivity contribution in [2.24, 2.45) is 5.92 Å². The van der Waals surface area contributed by atoms with Crippen LogP contribution in [0, 0.1) is 5.92 Å². The van der Waals surface area contributed by atoms with Crippen LogP contribution in [-0.2, 0) is 5.41 Å². The molecule has 3 nitrogen and oxygen atoms in total. The maximum atomic E-state index is 13.2. The number of carbonyl (C=O) groups is 2. The first kappa shape index (κ1) is 21.4. The molecule has 3 heteroatoms. The van der Waals surface area contributed by atoms with Gasteiger partial charge in [0.05, 0.1) is 0 Å². The molecule has 0 heterocycles. The second-order valence-electron chi connectivity index (χ2n) is 9.89. The van der Waals surface area contributed by atoms with Gasteiger partial charge < -0.3 is 5.11 Å². The molecule has 1 unspecified atom stereocenters. The van der Waals surface area contributed by atoms with Crippen LogP contribution in [0.4, 0.5) is 0 Å². The lowest BCUT2D eigenvalue weighted by Crippen LogP contribution is -2.31. The Balaban J connectivity index is 2.42. The van der Waals surface area contributed by atoms with Gasteiger partial charge in [-0.15, -0.1) is 0 Å². The number of hydrogen-bond acceptors (Lipinski definition) is 3. The van der Waals surface area contributed by atoms with Crippen molar-refractivity contribution >= 4 is 11.6 Å². The van der Waals surface area contributed by atoms with Crippen LogP contribution in [0.25, 0.3) is 11.1 Å². The minimum absolute atomic E-state index is 0.0728. The third-order valence-corrected chi connectivity index (χ3v) is 6.05. The molecule has 1 atom stereocenters. The van der Waals surface area contributed by atoms with Gasteiger partial charge in [0.1, 0.15) is 5.60 Å². The van der Waals surface area contributed by atoms with Crippen molar-refractivity contribution in [3.8, 4) is 11.1 Å². The second-order valence-corrected chi connectivity index (χ2v) is 9.89. The number of aliphatic hydroxyl groups is 1. The zero-order chi connectivity index (χ0) is 21.7. The van der Waals surface area contributed by atoms with Gasteiger partial charge in [0, 0.05) is 17.0 Å². The average molecular weight is 393 g/mol. The largest absolute Gasteiger partial charge is 0.382 e. The van der Waals surface area contributed by atoms with Crippen molar-refractivity contribution in [2.75, 3.05) is 0 Å². The summed E-state index contributed by atoms with van der Waals surface area (Å²) in [7, 11) is 0. The Bertz CT molecular complexity index is 974. The predicted molar refractivity (Wildman–Crippen MR) is 118 cm³/mol. The van der Waals surface area contributed by atoms with E-state index in [9.17, 15) is 14.7 Å². The average Bonchev–Trinajstić information content (AvgIpc) is 2.87. The van der Waals surface area contributed by atoms with Gasteiger partial charge in [0.25, 0.3) is 0 Å². The number of hydrogen-bond donors (Lipinski definition) is 1. The lowest BCUT2D eigenvalue weighted by molar-refractivity contribution is 0.0488. The van der Waals surface area contributed by atoms with E-state index in [0.29, 0.717) is 17.0 Å². The van der Waals surface area contributed by atoms with Crippen LogP contribution in [0.3, 0.4) is 0 Å². The highest BCUT2D eigenvalue weighted by atomic mass is 16.3. The smallest absolute Gasteiger partial charge is 0.194 e. The summed E-state index contributed by atoms with van der Waals surface area (Å²) in [6.45, 7) is 13.5. The Hall–Kier alpha value is -2.26. The molecule has 0 amide bonds. The van der Waals surface area contributed by atoms with Crippen LogP contribution in [0.15, 0.2) is 36.4 Å². The Morgan fingerprint density at radius 2 is 1.69 bits per heavy atom. The lowest BCUT2D eigenvalue weighted by Gasteiger charge is -2.27. The summed E-state index contributed by atoms with van der Waals surface area (Å²) in [5, 5.41) is 10.4. The van der Waals surface area contributed by atoms with Crippen LogP contribution in [0.2, 0.25) is 0 Å². The summed E-state index contributed by atoms with van der Waals surface area (Å²) in [6.07, 6.45) is 0.996. The van der Waals surface area contributed by atoms with Gasteiger partial charge in [0.15, 0.2) is 11.6 Å². The number of carbonyl (C=O) groups excluding carboxylic acids is 2. The normalized spacial score (nSPS) is 18.0. The van der Waals surface area contributed by atoms with Gasteiger partial charge in [0.2, 0.25) is 0 Å². The monoisotopic (exact) mass is 392 g/mol. The van der Waals surface area contributed by atoms with E-state index in [0.717, 1.165) is 23.1 Å². The van der Waals surface area contributed by atoms with E-state index in [4.69, 9.17) is 0 Å². The van der Waals surface area contributed by atoms with E-state index in [2.05, 4.69) is 26.8 Å². The van der Waals surface area contributed by atoms with Crippen molar-refractivity contribution in [3.05, 3.63) is 58.7 Å². The number of rotatable bonds is 5. The summed E-state index contributed by atoms with van der Waals surface area (Å²) in [5.74, 6) is -0.0221. The highest BCUT2D eigenvalue weighted by Crippen LogP contribution is 2.51. The maximum Gasteiger partial charge on any atom is 0.194 e. The summed E-state index contributed by atoms with van der Waals surface area (Å²) < 4.78 is 0. The van der Waals surface area contributed by atoms with Crippen molar-refractivity contribution < 1.29 is 14.7 Å². The minimum Gasteiger partial charge on any atom is -0.382 e. The highest BCUT2D eigenvalue weighted by molar-refractivity contribution is 6.11. The molecule has 0 bridgehead atoms. The van der Waals surface area contributed by atoms with E-state index in [1.165, 1.54) is 19.4 Å². The molecule has 0 aliphatic heterocycles. The molecule has 0 aromatic heterocycles. The van der Waals surface area contributed by atoms with Gasteiger partial charge in [-0.05, 0) is 53.9 Å². The first-order chi connectivity index (χ1) is 13.4. The molecule has 2 aromatic carbocycles. The van der Waals surface area contributed by atoms with E-state index < -0.39 is 5.60 Å².